The van der Waals surface area contributed by atoms with Gasteiger partial charge in [-0.3, -0.25) is 10.1 Å². The molecule has 0 saturated heterocycles. The summed E-state index contributed by atoms with van der Waals surface area (Å²) in [5, 5.41) is 10.5. The van der Waals surface area contributed by atoms with Crippen LogP contribution in [0.2, 0.25) is 0 Å². The van der Waals surface area contributed by atoms with E-state index in [9.17, 15) is 13.2 Å². The highest BCUT2D eigenvalue weighted by Gasteiger charge is 2.29. The smallest absolute Gasteiger partial charge is 0.322 e. The zero-order valence-corrected chi connectivity index (χ0v) is 19.9. The predicted molar refractivity (Wildman–Crippen MR) is 125 cm³/mol. The topological polar surface area (TPSA) is 105 Å². The predicted octanol–water partition coefficient (Wildman–Crippen LogP) is 4.56. The molecular formula is C24H28N4O4S. The summed E-state index contributed by atoms with van der Waals surface area (Å²) >= 11 is 0. The number of aryl methyl sites for hydroxylation is 2. The molecule has 1 aliphatic rings. The Morgan fingerprint density at radius 2 is 1.64 bits per heavy atom. The fraction of sp³-hybridized carbons (Fsp3) is 0.375. The van der Waals surface area contributed by atoms with Gasteiger partial charge >= 0.3 is 6.01 Å². The van der Waals surface area contributed by atoms with Crippen LogP contribution in [-0.4, -0.2) is 41.9 Å². The van der Waals surface area contributed by atoms with Crippen LogP contribution in [-0.2, 0) is 10.0 Å². The minimum Gasteiger partial charge on any atom is -0.403 e. The van der Waals surface area contributed by atoms with Crippen molar-refractivity contribution in [3.8, 4) is 11.5 Å². The molecule has 1 amide bonds. The number of carbonyl (C=O) groups excluding carboxylic acids is 1. The van der Waals surface area contributed by atoms with Crippen LogP contribution in [0.25, 0.3) is 11.5 Å². The van der Waals surface area contributed by atoms with E-state index in [1.165, 1.54) is 28.6 Å². The molecule has 0 aliphatic heterocycles. The Balaban J connectivity index is 1.45. The number of benzene rings is 2. The van der Waals surface area contributed by atoms with Gasteiger partial charge in [0.15, 0.2) is 0 Å². The Morgan fingerprint density at radius 3 is 2.27 bits per heavy atom. The van der Waals surface area contributed by atoms with Gasteiger partial charge in [-0.25, -0.2) is 8.42 Å². The molecule has 33 heavy (non-hydrogen) atoms. The van der Waals surface area contributed by atoms with E-state index < -0.39 is 15.9 Å². The van der Waals surface area contributed by atoms with Gasteiger partial charge in [0, 0.05) is 24.2 Å². The van der Waals surface area contributed by atoms with Gasteiger partial charge in [0.1, 0.15) is 0 Å². The summed E-state index contributed by atoms with van der Waals surface area (Å²) in [6, 6.07) is 11.8. The number of anilines is 1. The monoisotopic (exact) mass is 468 g/mol. The minimum absolute atomic E-state index is 0.0237. The van der Waals surface area contributed by atoms with Crippen molar-refractivity contribution in [2.24, 2.45) is 0 Å². The third-order valence-corrected chi connectivity index (χ3v) is 7.92. The van der Waals surface area contributed by atoms with Crippen LogP contribution >= 0.6 is 0 Å². The van der Waals surface area contributed by atoms with Crippen LogP contribution in [0.4, 0.5) is 6.01 Å². The van der Waals surface area contributed by atoms with Gasteiger partial charge in [0.2, 0.25) is 15.9 Å². The van der Waals surface area contributed by atoms with E-state index in [4.69, 9.17) is 4.42 Å². The molecule has 1 aliphatic carbocycles. The van der Waals surface area contributed by atoms with Crippen LogP contribution in [0.15, 0.2) is 51.8 Å². The van der Waals surface area contributed by atoms with Crippen LogP contribution in [0.3, 0.4) is 0 Å². The first-order chi connectivity index (χ1) is 15.7. The lowest BCUT2D eigenvalue weighted by Crippen LogP contribution is -2.38. The van der Waals surface area contributed by atoms with E-state index in [-0.39, 0.29) is 17.0 Å². The average Bonchev–Trinajstić information content (AvgIpc) is 3.27. The number of amides is 1. The summed E-state index contributed by atoms with van der Waals surface area (Å²) in [5.41, 5.74) is 3.20. The Bertz CT molecular complexity index is 1230. The van der Waals surface area contributed by atoms with Crippen molar-refractivity contribution in [1.29, 1.82) is 0 Å². The highest BCUT2D eigenvalue weighted by molar-refractivity contribution is 7.89. The quantitative estimate of drug-likeness (QED) is 0.569. The summed E-state index contributed by atoms with van der Waals surface area (Å²) in [5.74, 6) is -0.153. The van der Waals surface area contributed by atoms with Crippen molar-refractivity contribution in [2.75, 3.05) is 12.4 Å². The number of sulfonamides is 1. The van der Waals surface area contributed by atoms with Crippen LogP contribution < -0.4 is 5.32 Å². The zero-order valence-electron chi connectivity index (χ0n) is 19.0. The molecule has 0 bridgehead atoms. The maximum Gasteiger partial charge on any atom is 0.322 e. The van der Waals surface area contributed by atoms with E-state index >= 15 is 0 Å². The van der Waals surface area contributed by atoms with E-state index in [2.05, 4.69) is 15.5 Å². The third kappa shape index (κ3) is 5.15. The van der Waals surface area contributed by atoms with E-state index in [0.29, 0.717) is 11.5 Å². The van der Waals surface area contributed by atoms with Crippen molar-refractivity contribution in [3.05, 3.63) is 59.2 Å². The molecule has 1 fully saturated rings. The molecule has 174 valence electrons. The summed E-state index contributed by atoms with van der Waals surface area (Å²) < 4.78 is 33.0. The van der Waals surface area contributed by atoms with Crippen molar-refractivity contribution >= 4 is 21.9 Å². The second kappa shape index (κ2) is 9.44. The maximum atomic E-state index is 13.0. The molecule has 0 spiro atoms. The summed E-state index contributed by atoms with van der Waals surface area (Å²) in [6.45, 7) is 3.96. The van der Waals surface area contributed by atoms with Gasteiger partial charge in [0.05, 0.1) is 4.90 Å². The van der Waals surface area contributed by atoms with Crippen molar-refractivity contribution in [2.45, 2.75) is 56.9 Å². The molecule has 1 saturated carbocycles. The molecule has 1 heterocycles. The van der Waals surface area contributed by atoms with Crippen LogP contribution in [0.1, 0.15) is 53.6 Å². The molecular weight excluding hydrogens is 440 g/mol. The summed E-state index contributed by atoms with van der Waals surface area (Å²) in [7, 11) is -1.98. The van der Waals surface area contributed by atoms with Gasteiger partial charge in [-0.15, -0.1) is 5.10 Å². The molecule has 1 aromatic heterocycles. The number of aromatic nitrogens is 2. The lowest BCUT2D eigenvalue weighted by Gasteiger charge is -2.30. The Hall–Kier alpha value is -3.04. The van der Waals surface area contributed by atoms with Crippen molar-refractivity contribution in [3.63, 3.8) is 0 Å². The Kier molecular flexibility index (Phi) is 6.62. The maximum absolute atomic E-state index is 13.0. The van der Waals surface area contributed by atoms with E-state index in [1.54, 1.807) is 7.05 Å². The Labute approximate surface area is 194 Å². The molecule has 0 unspecified atom stereocenters. The third-order valence-electron chi connectivity index (χ3n) is 6.00. The number of hydrogen-bond donors (Lipinski definition) is 1. The first-order valence-corrected chi connectivity index (χ1v) is 12.5. The van der Waals surface area contributed by atoms with Crippen LogP contribution in [0.5, 0.6) is 0 Å². The molecule has 1 N–H and O–H groups in total. The molecule has 8 nitrogen and oxygen atoms in total. The minimum atomic E-state index is -3.61. The van der Waals surface area contributed by atoms with Gasteiger partial charge in [-0.05, 0) is 63.1 Å². The lowest BCUT2D eigenvalue weighted by molar-refractivity contribution is 0.102. The lowest BCUT2D eigenvalue weighted by atomic mass is 9.96. The van der Waals surface area contributed by atoms with Crippen molar-refractivity contribution in [1.82, 2.24) is 14.5 Å². The SMILES string of the molecule is Cc1cc(C)cc(-c2nnc(NC(=O)c3ccc(S(=O)(=O)N(C)C4CCCCC4)cc3)o2)c1. The van der Waals surface area contributed by atoms with Gasteiger partial charge in [0.25, 0.3) is 5.91 Å². The fourth-order valence-electron chi connectivity index (χ4n) is 4.24. The molecule has 4 rings (SSSR count). The Morgan fingerprint density at radius 1 is 1.00 bits per heavy atom. The van der Waals surface area contributed by atoms with Gasteiger partial charge < -0.3 is 4.42 Å². The second-order valence-corrected chi connectivity index (χ2v) is 10.6. The molecule has 9 heteroatoms. The second-order valence-electron chi connectivity index (χ2n) is 8.58. The highest BCUT2D eigenvalue weighted by Crippen LogP contribution is 2.27. The summed E-state index contributed by atoms with van der Waals surface area (Å²) in [6.07, 6.45) is 5.00. The average molecular weight is 469 g/mol. The first kappa shape index (κ1) is 23.1. The van der Waals surface area contributed by atoms with Crippen molar-refractivity contribution < 1.29 is 17.6 Å². The van der Waals surface area contributed by atoms with E-state index in [1.807, 2.05) is 32.0 Å². The number of rotatable bonds is 6. The highest BCUT2D eigenvalue weighted by atomic mass is 32.2. The standard InChI is InChI=1S/C24H28N4O4S/c1-16-13-17(2)15-19(14-16)23-26-27-24(32-23)25-22(29)18-9-11-21(12-10-18)33(30,31)28(3)20-7-5-4-6-8-20/h9-15,20H,4-8H2,1-3H3,(H,25,27,29). The summed E-state index contributed by atoms with van der Waals surface area (Å²) in [4.78, 5) is 12.8. The van der Waals surface area contributed by atoms with Gasteiger partial charge in [-0.1, -0.05) is 41.6 Å². The first-order valence-electron chi connectivity index (χ1n) is 11.1. The number of hydrogen-bond acceptors (Lipinski definition) is 6. The normalized spacial score (nSPS) is 15.0. The zero-order chi connectivity index (χ0) is 23.6. The molecule has 0 radical (unpaired) electrons. The van der Waals surface area contributed by atoms with Gasteiger partial charge in [-0.2, -0.15) is 4.31 Å². The van der Waals surface area contributed by atoms with Crippen LogP contribution in [0, 0.1) is 13.8 Å². The van der Waals surface area contributed by atoms with E-state index in [0.717, 1.165) is 48.8 Å². The fourth-order valence-corrected chi connectivity index (χ4v) is 5.66. The molecule has 3 aromatic rings. The largest absolute Gasteiger partial charge is 0.403 e. The number of nitrogens with one attached hydrogen (secondary N) is 1. The molecule has 0 atom stereocenters. The number of carbonyl (C=O) groups is 1. The molecule has 2 aromatic carbocycles. The number of nitrogens with zero attached hydrogens (tertiary/aromatic N) is 3.